The molecule has 142 valence electrons. The second kappa shape index (κ2) is 8.14. The summed E-state index contributed by atoms with van der Waals surface area (Å²) in [5.74, 6) is 1.81. The highest BCUT2D eigenvalue weighted by molar-refractivity contribution is 5.75. The van der Waals surface area contributed by atoms with E-state index in [0.29, 0.717) is 34.3 Å². The fourth-order valence-electron chi connectivity index (χ4n) is 2.66. The molecule has 0 unspecified atom stereocenters. The van der Waals surface area contributed by atoms with Gasteiger partial charge in [-0.2, -0.15) is 10.2 Å². The van der Waals surface area contributed by atoms with Gasteiger partial charge >= 0.3 is 0 Å². The van der Waals surface area contributed by atoms with Crippen molar-refractivity contribution in [3.63, 3.8) is 0 Å². The lowest BCUT2D eigenvalue weighted by atomic mass is 10.1. The van der Waals surface area contributed by atoms with Crippen LogP contribution in [0.3, 0.4) is 0 Å². The lowest BCUT2D eigenvalue weighted by molar-refractivity contribution is 0.324. The average Bonchev–Trinajstić information content (AvgIpc) is 2.72. The summed E-state index contributed by atoms with van der Waals surface area (Å²) >= 11 is 0. The minimum absolute atomic E-state index is 0.0336. The van der Waals surface area contributed by atoms with Crippen LogP contribution in [-0.4, -0.2) is 31.3 Å². The van der Waals surface area contributed by atoms with Crippen LogP contribution >= 0.6 is 0 Å². The molecule has 0 bridgehead atoms. The van der Waals surface area contributed by atoms with Gasteiger partial charge in [-0.05, 0) is 24.3 Å². The zero-order valence-corrected chi connectivity index (χ0v) is 15.6. The molecule has 0 spiro atoms. The van der Waals surface area contributed by atoms with Gasteiger partial charge in [-0.25, -0.2) is 4.98 Å². The third kappa shape index (κ3) is 3.59. The number of nitrogen functional groups attached to an aromatic ring is 1. The Bertz CT molecular complexity index is 1010. The van der Waals surface area contributed by atoms with E-state index in [9.17, 15) is 5.26 Å². The van der Waals surface area contributed by atoms with Crippen molar-refractivity contribution in [1.29, 1.82) is 5.26 Å². The summed E-state index contributed by atoms with van der Waals surface area (Å²) in [6, 6.07) is 14.4. The first-order valence-corrected chi connectivity index (χ1v) is 8.22. The molecule has 3 rings (SSSR count). The number of aromatic nitrogens is 2. The van der Waals surface area contributed by atoms with Crippen LogP contribution in [0.2, 0.25) is 0 Å². The quantitative estimate of drug-likeness (QED) is 0.694. The molecule has 1 heterocycles. The summed E-state index contributed by atoms with van der Waals surface area (Å²) in [7, 11) is 4.52. The molecule has 0 atom stereocenters. The maximum absolute atomic E-state index is 9.75. The van der Waals surface area contributed by atoms with E-state index in [1.54, 1.807) is 24.3 Å². The number of anilines is 1. The Balaban J connectivity index is 2.18. The van der Waals surface area contributed by atoms with Gasteiger partial charge in [0.25, 0.3) is 0 Å². The van der Waals surface area contributed by atoms with Crippen molar-refractivity contribution in [2.24, 2.45) is 0 Å². The second-order valence-electron chi connectivity index (χ2n) is 5.55. The molecule has 8 nitrogen and oxygen atoms in total. The van der Waals surface area contributed by atoms with E-state index >= 15 is 0 Å². The van der Waals surface area contributed by atoms with Crippen molar-refractivity contribution < 1.29 is 18.9 Å². The van der Waals surface area contributed by atoms with Crippen LogP contribution in [-0.2, 0) is 0 Å². The number of ether oxygens (including phenoxy) is 4. The summed E-state index contributed by atoms with van der Waals surface area (Å²) in [5.41, 5.74) is 6.84. The molecule has 0 saturated heterocycles. The maximum Gasteiger partial charge on any atom is 0.242 e. The van der Waals surface area contributed by atoms with Crippen molar-refractivity contribution in [3.05, 3.63) is 48.0 Å². The molecule has 3 aromatic rings. The van der Waals surface area contributed by atoms with Crippen LogP contribution in [0.1, 0.15) is 5.56 Å². The minimum atomic E-state index is -0.0336. The van der Waals surface area contributed by atoms with Crippen LogP contribution < -0.4 is 24.7 Å². The summed E-state index contributed by atoms with van der Waals surface area (Å²) in [6.07, 6.45) is 0. The van der Waals surface area contributed by atoms with Crippen molar-refractivity contribution in [1.82, 2.24) is 9.97 Å². The van der Waals surface area contributed by atoms with Crippen LogP contribution in [0.15, 0.2) is 42.5 Å². The van der Waals surface area contributed by atoms with Crippen LogP contribution in [0, 0.1) is 11.3 Å². The number of hydrogen-bond acceptors (Lipinski definition) is 8. The lowest BCUT2D eigenvalue weighted by Gasteiger charge is -2.15. The monoisotopic (exact) mass is 378 g/mol. The number of methoxy groups -OCH3 is 3. The molecule has 2 N–H and O–H groups in total. The lowest BCUT2D eigenvalue weighted by Crippen LogP contribution is -2.04. The second-order valence-corrected chi connectivity index (χ2v) is 5.55. The fraction of sp³-hybridized carbons (Fsp3) is 0.150. The standard InChI is InChI=1S/C20H18N4O4/c1-25-15-9-12(10-16(26-2)18(15)27-3)17-14(11-21)19(24-20(22)23-17)28-13-7-5-4-6-8-13/h4-10H,1-3H3,(H2,22,23,24). The number of hydrogen-bond donors (Lipinski definition) is 1. The number of nitrogens with zero attached hydrogens (tertiary/aromatic N) is 3. The van der Waals surface area contributed by atoms with Gasteiger partial charge in [-0.3, -0.25) is 0 Å². The van der Waals surface area contributed by atoms with Crippen LogP contribution in [0.4, 0.5) is 5.95 Å². The highest BCUT2D eigenvalue weighted by atomic mass is 16.5. The van der Waals surface area contributed by atoms with Gasteiger partial charge in [0.15, 0.2) is 11.5 Å². The number of benzene rings is 2. The molecule has 28 heavy (non-hydrogen) atoms. The van der Waals surface area contributed by atoms with Gasteiger partial charge in [-0.15, -0.1) is 0 Å². The van der Waals surface area contributed by atoms with Gasteiger partial charge in [0.1, 0.15) is 17.4 Å². The summed E-state index contributed by atoms with van der Waals surface area (Å²) in [6.45, 7) is 0. The highest BCUT2D eigenvalue weighted by Crippen LogP contribution is 2.42. The minimum Gasteiger partial charge on any atom is -0.493 e. The number of nitrogens with two attached hydrogens (primary N) is 1. The predicted molar refractivity (Wildman–Crippen MR) is 103 cm³/mol. The van der Waals surface area contributed by atoms with Crippen molar-refractivity contribution in [2.45, 2.75) is 0 Å². The van der Waals surface area contributed by atoms with E-state index in [0.717, 1.165) is 0 Å². The molecule has 2 aromatic carbocycles. The summed E-state index contributed by atoms with van der Waals surface area (Å²) < 4.78 is 21.8. The van der Waals surface area contributed by atoms with Crippen LogP contribution in [0.25, 0.3) is 11.3 Å². The van der Waals surface area contributed by atoms with E-state index in [1.807, 2.05) is 18.2 Å². The van der Waals surface area contributed by atoms with Crippen molar-refractivity contribution in [3.8, 4) is 46.2 Å². The van der Waals surface area contributed by atoms with Gasteiger partial charge in [-0.1, -0.05) is 18.2 Å². The normalized spacial score (nSPS) is 10.1. The van der Waals surface area contributed by atoms with Gasteiger partial charge in [0, 0.05) is 5.56 Å². The molecule has 1 aromatic heterocycles. The molecule has 0 aliphatic heterocycles. The average molecular weight is 378 g/mol. The summed E-state index contributed by atoms with van der Waals surface area (Å²) in [4.78, 5) is 8.31. The number of para-hydroxylation sites is 1. The molecule has 0 saturated carbocycles. The first kappa shape index (κ1) is 18.8. The Morgan fingerprint density at radius 1 is 0.929 bits per heavy atom. The molecule has 0 radical (unpaired) electrons. The Morgan fingerprint density at radius 2 is 1.57 bits per heavy atom. The smallest absolute Gasteiger partial charge is 0.242 e. The first-order valence-electron chi connectivity index (χ1n) is 8.22. The number of rotatable bonds is 6. The Hall–Kier alpha value is -3.99. The van der Waals surface area contributed by atoms with Crippen molar-refractivity contribution >= 4 is 5.95 Å². The predicted octanol–water partition coefficient (Wildman–Crippen LogP) is 3.42. The molecule has 8 heteroatoms. The maximum atomic E-state index is 9.75. The zero-order chi connectivity index (χ0) is 20.1. The molecular formula is C20H18N4O4. The van der Waals surface area contributed by atoms with Crippen LogP contribution in [0.5, 0.6) is 28.9 Å². The third-order valence-corrected chi connectivity index (χ3v) is 3.90. The van der Waals surface area contributed by atoms with E-state index in [-0.39, 0.29) is 17.4 Å². The zero-order valence-electron chi connectivity index (χ0n) is 15.6. The SMILES string of the molecule is COc1cc(-c2nc(N)nc(Oc3ccccc3)c2C#N)cc(OC)c1OC. The van der Waals surface area contributed by atoms with E-state index in [4.69, 9.17) is 24.7 Å². The molecule has 0 aliphatic rings. The third-order valence-electron chi connectivity index (χ3n) is 3.90. The van der Waals surface area contributed by atoms with Gasteiger partial charge < -0.3 is 24.7 Å². The fourth-order valence-corrected chi connectivity index (χ4v) is 2.66. The van der Waals surface area contributed by atoms with Gasteiger partial charge in [0.2, 0.25) is 17.6 Å². The topological polar surface area (TPSA) is 113 Å². The Kier molecular flexibility index (Phi) is 5.46. The van der Waals surface area contributed by atoms with Crippen molar-refractivity contribution in [2.75, 3.05) is 27.1 Å². The largest absolute Gasteiger partial charge is 0.493 e. The van der Waals surface area contributed by atoms with Gasteiger partial charge in [0.05, 0.1) is 27.0 Å². The molecule has 0 amide bonds. The Morgan fingerprint density at radius 3 is 2.11 bits per heavy atom. The Labute approximate surface area is 162 Å². The van der Waals surface area contributed by atoms with E-state index in [1.165, 1.54) is 21.3 Å². The summed E-state index contributed by atoms with van der Waals surface area (Å²) in [5, 5.41) is 9.75. The van der Waals surface area contributed by atoms with E-state index in [2.05, 4.69) is 16.0 Å². The molecule has 0 fully saturated rings. The number of nitriles is 1. The first-order chi connectivity index (χ1) is 13.6. The molecule has 0 aliphatic carbocycles. The molecular weight excluding hydrogens is 360 g/mol. The van der Waals surface area contributed by atoms with E-state index < -0.39 is 0 Å². The highest BCUT2D eigenvalue weighted by Gasteiger charge is 2.21.